The average molecular weight is 240 g/mol. The fraction of sp³-hybridized carbons (Fsp3) is 1.00. The third-order valence-corrected chi connectivity index (χ3v) is 3.89. The van der Waals surface area contributed by atoms with E-state index in [2.05, 4.69) is 31.0 Å². The lowest BCUT2D eigenvalue weighted by Gasteiger charge is -2.42. The third kappa shape index (κ3) is 4.23. The Bertz CT molecular complexity index is 236. The van der Waals surface area contributed by atoms with Crippen molar-refractivity contribution in [3.63, 3.8) is 0 Å². The number of hydrogen-bond donors (Lipinski definition) is 1. The number of morpholine rings is 1. The van der Waals surface area contributed by atoms with Crippen molar-refractivity contribution in [1.82, 2.24) is 10.2 Å². The van der Waals surface area contributed by atoms with Crippen LogP contribution < -0.4 is 5.32 Å². The summed E-state index contributed by atoms with van der Waals surface area (Å²) in [5.74, 6) is 0.894. The van der Waals surface area contributed by atoms with Gasteiger partial charge in [0.25, 0.3) is 0 Å². The summed E-state index contributed by atoms with van der Waals surface area (Å²) in [6.07, 6.45) is 4.49. The normalized spacial score (nSPS) is 34.8. The number of piperidine rings is 1. The van der Waals surface area contributed by atoms with Crippen molar-refractivity contribution in [2.45, 2.75) is 51.7 Å². The molecule has 17 heavy (non-hydrogen) atoms. The molecule has 0 saturated carbocycles. The van der Waals surface area contributed by atoms with Crippen LogP contribution in [-0.4, -0.2) is 49.3 Å². The maximum Gasteiger partial charge on any atom is 0.0757 e. The lowest BCUT2D eigenvalue weighted by molar-refractivity contribution is -0.129. The highest BCUT2D eigenvalue weighted by atomic mass is 16.5. The summed E-state index contributed by atoms with van der Waals surface area (Å²) in [5.41, 5.74) is 0.0302. The molecule has 0 aromatic rings. The first-order valence-electron chi connectivity index (χ1n) is 7.16. The fourth-order valence-corrected chi connectivity index (χ4v) is 3.29. The van der Waals surface area contributed by atoms with Gasteiger partial charge in [0, 0.05) is 13.1 Å². The maximum absolute atomic E-state index is 5.94. The Balaban J connectivity index is 1.74. The second-order valence-corrected chi connectivity index (χ2v) is 6.42. The first kappa shape index (κ1) is 13.3. The van der Waals surface area contributed by atoms with Gasteiger partial charge in [0.05, 0.1) is 11.7 Å². The standard InChI is InChI=1S/C14H28N2O/c1-12-10-16(11-14(2,3)17-12)8-6-13-5-4-7-15-9-13/h12-13,15H,4-11H2,1-3H3. The van der Waals surface area contributed by atoms with Crippen LogP contribution in [0.3, 0.4) is 0 Å². The Morgan fingerprint density at radius 3 is 2.88 bits per heavy atom. The SMILES string of the molecule is CC1CN(CCC2CCCNC2)CC(C)(C)O1. The molecule has 2 atom stereocenters. The molecule has 2 heterocycles. The van der Waals surface area contributed by atoms with Crippen molar-refractivity contribution in [1.29, 1.82) is 0 Å². The van der Waals surface area contributed by atoms with E-state index in [-0.39, 0.29) is 5.60 Å². The van der Waals surface area contributed by atoms with E-state index in [0.717, 1.165) is 19.0 Å². The van der Waals surface area contributed by atoms with E-state index in [1.807, 2.05) is 0 Å². The minimum Gasteiger partial charge on any atom is -0.370 e. The maximum atomic E-state index is 5.94. The van der Waals surface area contributed by atoms with Crippen molar-refractivity contribution in [2.24, 2.45) is 5.92 Å². The molecule has 100 valence electrons. The van der Waals surface area contributed by atoms with E-state index < -0.39 is 0 Å². The summed E-state index contributed by atoms with van der Waals surface area (Å²) in [6.45, 7) is 12.5. The van der Waals surface area contributed by atoms with E-state index >= 15 is 0 Å². The average Bonchev–Trinajstić information content (AvgIpc) is 2.25. The topological polar surface area (TPSA) is 24.5 Å². The zero-order valence-corrected chi connectivity index (χ0v) is 11.7. The van der Waals surface area contributed by atoms with Crippen molar-refractivity contribution in [2.75, 3.05) is 32.7 Å². The largest absolute Gasteiger partial charge is 0.370 e. The first-order valence-corrected chi connectivity index (χ1v) is 7.16. The van der Waals surface area contributed by atoms with Crippen molar-refractivity contribution in [3.8, 4) is 0 Å². The monoisotopic (exact) mass is 240 g/mol. The summed E-state index contributed by atoms with van der Waals surface area (Å²) in [4.78, 5) is 2.59. The summed E-state index contributed by atoms with van der Waals surface area (Å²) in [5, 5.41) is 3.50. The second kappa shape index (κ2) is 5.68. The molecule has 0 aromatic carbocycles. The van der Waals surface area contributed by atoms with Crippen molar-refractivity contribution >= 4 is 0 Å². The van der Waals surface area contributed by atoms with Gasteiger partial charge in [0.15, 0.2) is 0 Å². The van der Waals surface area contributed by atoms with Crippen LogP contribution in [0.2, 0.25) is 0 Å². The Morgan fingerprint density at radius 2 is 2.24 bits per heavy atom. The molecule has 2 saturated heterocycles. The minimum absolute atomic E-state index is 0.0302. The molecule has 2 rings (SSSR count). The van der Waals surface area contributed by atoms with Crippen LogP contribution in [0, 0.1) is 5.92 Å². The Hall–Kier alpha value is -0.120. The predicted octanol–water partition coefficient (Wildman–Crippen LogP) is 1.88. The summed E-state index contributed by atoms with van der Waals surface area (Å²) in [6, 6.07) is 0. The first-order chi connectivity index (χ1) is 8.05. The molecule has 3 nitrogen and oxygen atoms in total. The van der Waals surface area contributed by atoms with E-state index in [1.54, 1.807) is 0 Å². The number of nitrogens with one attached hydrogen (secondary N) is 1. The van der Waals surface area contributed by atoms with Gasteiger partial charge in [0.1, 0.15) is 0 Å². The van der Waals surface area contributed by atoms with Gasteiger partial charge in [-0.2, -0.15) is 0 Å². The number of rotatable bonds is 3. The van der Waals surface area contributed by atoms with Gasteiger partial charge >= 0.3 is 0 Å². The van der Waals surface area contributed by atoms with Crippen molar-refractivity contribution < 1.29 is 4.74 Å². The molecular weight excluding hydrogens is 212 g/mol. The number of ether oxygens (including phenoxy) is 1. The molecule has 2 aliphatic heterocycles. The zero-order chi connectivity index (χ0) is 12.3. The van der Waals surface area contributed by atoms with Crippen LogP contribution in [0.5, 0.6) is 0 Å². The van der Waals surface area contributed by atoms with E-state index in [1.165, 1.54) is 38.9 Å². The van der Waals surface area contributed by atoms with Crippen molar-refractivity contribution in [3.05, 3.63) is 0 Å². The molecule has 0 aromatic heterocycles. The third-order valence-electron chi connectivity index (χ3n) is 3.89. The highest BCUT2D eigenvalue weighted by Crippen LogP contribution is 2.22. The Morgan fingerprint density at radius 1 is 1.41 bits per heavy atom. The molecule has 2 aliphatic rings. The van der Waals surface area contributed by atoms with Gasteiger partial charge in [-0.05, 0) is 65.6 Å². The molecule has 0 aliphatic carbocycles. The molecule has 0 amide bonds. The summed E-state index contributed by atoms with van der Waals surface area (Å²) in [7, 11) is 0. The quantitative estimate of drug-likeness (QED) is 0.815. The van der Waals surface area contributed by atoms with Crippen LogP contribution in [0.1, 0.15) is 40.0 Å². The number of hydrogen-bond acceptors (Lipinski definition) is 3. The van der Waals surface area contributed by atoms with Crippen LogP contribution in [0.25, 0.3) is 0 Å². The summed E-state index contributed by atoms with van der Waals surface area (Å²) >= 11 is 0. The van der Waals surface area contributed by atoms with Crippen LogP contribution >= 0.6 is 0 Å². The summed E-state index contributed by atoms with van der Waals surface area (Å²) < 4.78 is 5.94. The zero-order valence-electron chi connectivity index (χ0n) is 11.7. The molecule has 1 N–H and O–H groups in total. The smallest absolute Gasteiger partial charge is 0.0757 e. The molecule has 0 radical (unpaired) electrons. The number of nitrogens with zero attached hydrogens (tertiary/aromatic N) is 1. The lowest BCUT2D eigenvalue weighted by atomic mass is 9.95. The molecule has 2 fully saturated rings. The van der Waals surface area contributed by atoms with Gasteiger partial charge in [-0.15, -0.1) is 0 Å². The van der Waals surface area contributed by atoms with E-state index in [0.29, 0.717) is 6.10 Å². The van der Waals surface area contributed by atoms with E-state index in [4.69, 9.17) is 4.74 Å². The fourth-order valence-electron chi connectivity index (χ4n) is 3.29. The second-order valence-electron chi connectivity index (χ2n) is 6.42. The predicted molar refractivity (Wildman–Crippen MR) is 71.3 cm³/mol. The van der Waals surface area contributed by atoms with Gasteiger partial charge in [-0.25, -0.2) is 0 Å². The highest BCUT2D eigenvalue weighted by Gasteiger charge is 2.31. The van der Waals surface area contributed by atoms with Crippen LogP contribution in [0.4, 0.5) is 0 Å². The van der Waals surface area contributed by atoms with E-state index in [9.17, 15) is 0 Å². The van der Waals surface area contributed by atoms with Crippen LogP contribution in [-0.2, 0) is 4.74 Å². The minimum atomic E-state index is 0.0302. The molecule has 2 unspecified atom stereocenters. The molecule has 0 spiro atoms. The Kier molecular flexibility index (Phi) is 4.45. The lowest BCUT2D eigenvalue weighted by Crippen LogP contribution is -2.52. The van der Waals surface area contributed by atoms with Gasteiger partial charge in [0.2, 0.25) is 0 Å². The van der Waals surface area contributed by atoms with Gasteiger partial charge in [-0.1, -0.05) is 0 Å². The van der Waals surface area contributed by atoms with Crippen LogP contribution in [0.15, 0.2) is 0 Å². The van der Waals surface area contributed by atoms with Gasteiger partial charge < -0.3 is 10.1 Å². The highest BCUT2D eigenvalue weighted by molar-refractivity contribution is 4.83. The molecule has 3 heteroatoms. The molecule has 0 bridgehead atoms. The van der Waals surface area contributed by atoms with Gasteiger partial charge in [-0.3, -0.25) is 4.90 Å². The Labute approximate surface area is 106 Å². The molecular formula is C14H28N2O.